The van der Waals surface area contributed by atoms with Crippen LogP contribution in [-0.4, -0.2) is 66.8 Å². The van der Waals surface area contributed by atoms with Gasteiger partial charge < -0.3 is 19.8 Å². The van der Waals surface area contributed by atoms with Gasteiger partial charge in [0, 0.05) is 49.6 Å². The fraction of sp³-hybridized carbons (Fsp3) is 0.417. The Bertz CT molecular complexity index is 1230. The van der Waals surface area contributed by atoms with Gasteiger partial charge in [0.25, 0.3) is 5.88 Å². The standard InChI is InChI=1S/C24H28ClN7O4/c1-16-27-30-32(28-16)15-19-12-20(25)4-2-18(19)3-7-24(35)31-10-8-17(9-11-31)14-26-22(33)6-5-21-13-23(34)29-36-21/h2-4,7,12-13,17H,5-6,8-11,14-15H2,1H3,(H,26,33)(H,29,34). The SMILES string of the molecule is Cc1nnn(Cc2cc(Cl)ccc2C=CC(=O)N2CCC(CNC(=O)CCc3cc(O)no3)CC2)n1. The van der Waals surface area contributed by atoms with Gasteiger partial charge in [-0.15, -0.1) is 10.2 Å². The molecule has 0 aliphatic carbocycles. The third kappa shape index (κ3) is 7.14. The number of rotatable bonds is 9. The summed E-state index contributed by atoms with van der Waals surface area (Å²) in [6, 6.07) is 6.88. The highest BCUT2D eigenvalue weighted by molar-refractivity contribution is 6.30. The van der Waals surface area contributed by atoms with Crippen LogP contribution in [0.3, 0.4) is 0 Å². The molecule has 0 bridgehead atoms. The summed E-state index contributed by atoms with van der Waals surface area (Å²) < 4.78 is 4.89. The monoisotopic (exact) mass is 513 g/mol. The number of amides is 2. The maximum Gasteiger partial charge on any atom is 0.251 e. The van der Waals surface area contributed by atoms with Gasteiger partial charge in [0.15, 0.2) is 5.82 Å². The Labute approximate surface area is 213 Å². The Morgan fingerprint density at radius 1 is 1.28 bits per heavy atom. The van der Waals surface area contributed by atoms with E-state index in [0.717, 1.165) is 24.0 Å². The molecule has 190 valence electrons. The van der Waals surface area contributed by atoms with Gasteiger partial charge in [-0.1, -0.05) is 17.7 Å². The highest BCUT2D eigenvalue weighted by atomic mass is 35.5. The fourth-order valence-corrected chi connectivity index (χ4v) is 4.24. The number of piperidine rings is 1. The summed E-state index contributed by atoms with van der Waals surface area (Å²) in [6.07, 6.45) is 5.65. The molecular formula is C24H28ClN7O4. The molecule has 36 heavy (non-hydrogen) atoms. The van der Waals surface area contributed by atoms with Gasteiger partial charge in [-0.3, -0.25) is 9.59 Å². The molecule has 0 radical (unpaired) electrons. The van der Waals surface area contributed by atoms with E-state index in [4.69, 9.17) is 16.1 Å². The molecule has 1 aromatic carbocycles. The number of nitrogens with one attached hydrogen (secondary N) is 1. The molecule has 1 aliphatic rings. The summed E-state index contributed by atoms with van der Waals surface area (Å²) in [4.78, 5) is 28.2. The average molecular weight is 514 g/mol. The second kappa shape index (κ2) is 11.8. The number of nitrogens with zero attached hydrogens (tertiary/aromatic N) is 6. The number of carbonyl (C=O) groups excluding carboxylic acids is 2. The largest absolute Gasteiger partial charge is 0.491 e. The molecule has 2 aromatic heterocycles. The average Bonchev–Trinajstić information content (AvgIpc) is 3.48. The lowest BCUT2D eigenvalue weighted by atomic mass is 9.96. The van der Waals surface area contributed by atoms with Crippen molar-refractivity contribution >= 4 is 29.5 Å². The van der Waals surface area contributed by atoms with E-state index < -0.39 is 0 Å². The van der Waals surface area contributed by atoms with E-state index in [1.807, 2.05) is 17.0 Å². The van der Waals surface area contributed by atoms with Crippen molar-refractivity contribution in [2.24, 2.45) is 5.92 Å². The van der Waals surface area contributed by atoms with Crippen molar-refractivity contribution < 1.29 is 19.2 Å². The summed E-state index contributed by atoms with van der Waals surface area (Å²) in [6.45, 7) is 4.01. The van der Waals surface area contributed by atoms with E-state index in [2.05, 4.69) is 25.9 Å². The van der Waals surface area contributed by atoms with Gasteiger partial charge >= 0.3 is 0 Å². The van der Waals surface area contributed by atoms with E-state index in [1.165, 1.54) is 10.9 Å². The molecule has 3 aromatic rings. The molecule has 0 atom stereocenters. The highest BCUT2D eigenvalue weighted by Gasteiger charge is 2.22. The minimum Gasteiger partial charge on any atom is -0.491 e. The maximum atomic E-state index is 12.8. The summed E-state index contributed by atoms with van der Waals surface area (Å²) in [7, 11) is 0. The molecule has 1 fully saturated rings. The second-order valence-electron chi connectivity index (χ2n) is 8.77. The molecule has 3 heterocycles. The van der Waals surface area contributed by atoms with Crippen molar-refractivity contribution in [3.8, 4) is 5.88 Å². The van der Waals surface area contributed by atoms with E-state index in [1.54, 1.807) is 25.1 Å². The molecule has 12 heteroatoms. The Kier molecular flexibility index (Phi) is 8.32. The summed E-state index contributed by atoms with van der Waals surface area (Å²) >= 11 is 6.17. The van der Waals surface area contributed by atoms with E-state index in [0.29, 0.717) is 55.1 Å². The van der Waals surface area contributed by atoms with Gasteiger partial charge in [0.2, 0.25) is 11.8 Å². The van der Waals surface area contributed by atoms with Crippen molar-refractivity contribution in [2.45, 2.75) is 39.2 Å². The number of hydrogen-bond acceptors (Lipinski definition) is 8. The molecule has 0 saturated carbocycles. The molecule has 1 aliphatic heterocycles. The van der Waals surface area contributed by atoms with Crippen LogP contribution in [-0.2, 0) is 22.6 Å². The predicted octanol–water partition coefficient (Wildman–Crippen LogP) is 2.38. The van der Waals surface area contributed by atoms with Crippen LogP contribution in [0.5, 0.6) is 5.88 Å². The molecule has 2 amide bonds. The van der Waals surface area contributed by atoms with Gasteiger partial charge in [0.1, 0.15) is 5.76 Å². The number of halogens is 1. The van der Waals surface area contributed by atoms with E-state index in [9.17, 15) is 14.7 Å². The smallest absolute Gasteiger partial charge is 0.251 e. The van der Waals surface area contributed by atoms with Crippen molar-refractivity contribution in [3.05, 3.63) is 58.1 Å². The number of benzene rings is 1. The van der Waals surface area contributed by atoms with Gasteiger partial charge in [-0.05, 0) is 65.4 Å². The maximum absolute atomic E-state index is 12.8. The van der Waals surface area contributed by atoms with Crippen LogP contribution in [0.25, 0.3) is 6.08 Å². The Morgan fingerprint density at radius 3 is 2.78 bits per heavy atom. The quantitative estimate of drug-likeness (QED) is 0.416. The van der Waals surface area contributed by atoms with Crippen molar-refractivity contribution in [2.75, 3.05) is 19.6 Å². The van der Waals surface area contributed by atoms with Crippen molar-refractivity contribution in [1.82, 2.24) is 35.6 Å². The first kappa shape index (κ1) is 25.4. The lowest BCUT2D eigenvalue weighted by Crippen LogP contribution is -2.41. The molecule has 0 unspecified atom stereocenters. The summed E-state index contributed by atoms with van der Waals surface area (Å²) in [5.41, 5.74) is 1.75. The summed E-state index contributed by atoms with van der Waals surface area (Å²) in [5, 5.41) is 28.2. The van der Waals surface area contributed by atoms with Crippen molar-refractivity contribution in [1.29, 1.82) is 0 Å². The minimum absolute atomic E-state index is 0.0524. The first-order valence-electron chi connectivity index (χ1n) is 11.8. The molecule has 1 saturated heterocycles. The zero-order valence-electron chi connectivity index (χ0n) is 19.9. The third-order valence-corrected chi connectivity index (χ3v) is 6.27. The molecule has 2 N–H and O–H groups in total. The lowest BCUT2D eigenvalue weighted by Gasteiger charge is -2.31. The van der Waals surface area contributed by atoms with Gasteiger partial charge in [-0.2, -0.15) is 4.80 Å². The van der Waals surface area contributed by atoms with Crippen molar-refractivity contribution in [3.63, 3.8) is 0 Å². The number of likely N-dealkylation sites (tertiary alicyclic amines) is 1. The van der Waals surface area contributed by atoms with Crippen LogP contribution in [0.1, 0.15) is 42.0 Å². The number of carbonyl (C=O) groups is 2. The second-order valence-corrected chi connectivity index (χ2v) is 9.20. The Morgan fingerprint density at radius 2 is 2.08 bits per heavy atom. The Hall–Kier alpha value is -3.73. The molecule has 11 nitrogen and oxygen atoms in total. The molecule has 4 rings (SSSR count). The van der Waals surface area contributed by atoms with Crippen LogP contribution in [0, 0.1) is 12.8 Å². The van der Waals surface area contributed by atoms with E-state index in [-0.39, 0.29) is 24.1 Å². The van der Waals surface area contributed by atoms with Crippen LogP contribution >= 0.6 is 11.6 Å². The number of aromatic nitrogens is 5. The molecular weight excluding hydrogens is 486 g/mol. The highest BCUT2D eigenvalue weighted by Crippen LogP contribution is 2.20. The number of aromatic hydroxyl groups is 1. The Balaban J connectivity index is 1.23. The van der Waals surface area contributed by atoms with Crippen LogP contribution in [0.4, 0.5) is 0 Å². The zero-order valence-corrected chi connectivity index (χ0v) is 20.7. The lowest BCUT2D eigenvalue weighted by molar-refractivity contribution is -0.127. The van der Waals surface area contributed by atoms with Gasteiger partial charge in [0.05, 0.1) is 6.54 Å². The predicted molar refractivity (Wildman–Crippen MR) is 131 cm³/mol. The first-order valence-corrected chi connectivity index (χ1v) is 12.1. The normalized spacial score (nSPS) is 14.4. The first-order chi connectivity index (χ1) is 17.4. The van der Waals surface area contributed by atoms with Crippen LogP contribution in [0.2, 0.25) is 5.02 Å². The number of aryl methyl sites for hydroxylation is 2. The fourth-order valence-electron chi connectivity index (χ4n) is 4.04. The zero-order chi connectivity index (χ0) is 25.5. The van der Waals surface area contributed by atoms with Crippen LogP contribution in [0.15, 0.2) is 34.9 Å². The third-order valence-electron chi connectivity index (χ3n) is 6.03. The molecule has 0 spiro atoms. The number of tetrazole rings is 1. The van der Waals surface area contributed by atoms with Crippen LogP contribution < -0.4 is 5.32 Å². The minimum atomic E-state index is -0.186. The van der Waals surface area contributed by atoms with Gasteiger partial charge in [-0.25, -0.2) is 0 Å². The topological polar surface area (TPSA) is 139 Å². The summed E-state index contributed by atoms with van der Waals surface area (Å²) in [5.74, 6) is 1.05. The number of hydrogen-bond donors (Lipinski definition) is 2. The van der Waals surface area contributed by atoms with E-state index >= 15 is 0 Å².